The minimum absolute atomic E-state index is 0.0713. The molecule has 14 atom stereocenters. The first-order valence-electron chi connectivity index (χ1n) is 27.4. The van der Waals surface area contributed by atoms with Gasteiger partial charge < -0.3 is 98.8 Å². The molecular weight excluding hydrogens is 1070 g/mol. The highest BCUT2D eigenvalue weighted by atomic mass is 16.5. The van der Waals surface area contributed by atoms with Gasteiger partial charge >= 0.3 is 17.9 Å². The highest BCUT2D eigenvalue weighted by Gasteiger charge is 2.48. The average Bonchev–Trinajstić information content (AvgIpc) is 4.02. The van der Waals surface area contributed by atoms with Gasteiger partial charge in [0.1, 0.15) is 48.4 Å². The maximum Gasteiger partial charge on any atom is 0.335 e. The summed E-state index contributed by atoms with van der Waals surface area (Å²) in [7, 11) is 0. The topological polar surface area (TPSA) is 502 Å². The highest BCUT2D eigenvalue weighted by molar-refractivity contribution is 6.00. The lowest BCUT2D eigenvalue weighted by Crippen LogP contribution is -2.64. The number of carbonyl (C=O) groups is 11. The Bertz CT molecular complexity index is 2220. The fourth-order valence-electron chi connectivity index (χ4n) is 9.62. The molecule has 3 fully saturated rings. The molecule has 3 saturated heterocycles. The summed E-state index contributed by atoms with van der Waals surface area (Å²) in [4.78, 5) is 155. The first-order chi connectivity index (χ1) is 38.2. The number of fused-ring (bicyclic) bond motifs is 2. The van der Waals surface area contributed by atoms with Gasteiger partial charge in [-0.3, -0.25) is 43.3 Å². The van der Waals surface area contributed by atoms with Crippen LogP contribution in [0.3, 0.4) is 0 Å². The van der Waals surface area contributed by atoms with Crippen molar-refractivity contribution >= 4 is 71.1 Å². The number of hydrogen-bond acceptors (Lipinski definition) is 19. The Kier molecular flexibility index (Phi) is 28.6. The number of carboxylic acid groups (broad SMARTS) is 2. The second-order valence-electron chi connectivity index (χ2n) is 20.6. The van der Waals surface area contributed by atoms with E-state index in [0.717, 1.165) is 69.6 Å². The molecule has 8 amide bonds. The van der Waals surface area contributed by atoms with Crippen LogP contribution in [0.4, 0.5) is 0 Å². The Balaban J connectivity index is 2.12. The third kappa shape index (κ3) is 20.9. The van der Waals surface area contributed by atoms with E-state index in [9.17, 15) is 93.6 Å². The number of aliphatic imine (C=N–C) groups is 1. The SMILES string of the molecule is CCCCCCCCCCCCCC1CC(=O)N[C@H]([C@@H](C)O)C(=O)N[C@H](C)C(=O)N2CC[C@@H](O)[C@H]2C(=O)N[C@@H](CCCN=C(N)N)C(=O)N[C@H]([C@@H](O)C(=O)O)C(=O)N[C@H](CO)C(=O)N2CC[C@@H](O)[C@H]2C(=O)N[C@@H]([C@H](O)C(=O)O)C(=O)O1. The number of ether oxygens (including phenoxy) is 1. The number of nitrogens with two attached hydrogens (primary N) is 2. The van der Waals surface area contributed by atoms with Gasteiger partial charge in [-0.15, -0.1) is 0 Å². The van der Waals surface area contributed by atoms with Gasteiger partial charge in [-0.1, -0.05) is 71.1 Å². The van der Waals surface area contributed by atoms with Crippen molar-refractivity contribution in [3.63, 3.8) is 0 Å². The number of aliphatic carboxylic acids is 2. The number of unbranched alkanes of at least 4 members (excludes halogenated alkanes) is 10. The molecule has 0 aliphatic carbocycles. The number of rotatable bonds is 22. The summed E-state index contributed by atoms with van der Waals surface area (Å²) < 4.78 is 5.60. The van der Waals surface area contributed by atoms with Crippen LogP contribution < -0.4 is 43.4 Å². The summed E-state index contributed by atoms with van der Waals surface area (Å²) >= 11 is 0. The van der Waals surface area contributed by atoms with E-state index in [2.05, 4.69) is 27.9 Å². The van der Waals surface area contributed by atoms with E-state index >= 15 is 0 Å². The van der Waals surface area contributed by atoms with Crippen LogP contribution in [0.5, 0.6) is 0 Å². The predicted octanol–water partition coefficient (Wildman–Crippen LogP) is -5.83. The van der Waals surface area contributed by atoms with Gasteiger partial charge in [-0.2, -0.15) is 0 Å². The van der Waals surface area contributed by atoms with Gasteiger partial charge in [0, 0.05) is 19.6 Å². The Morgan fingerprint density at radius 3 is 1.62 bits per heavy atom. The number of guanidine groups is 1. The number of nitrogens with zero attached hydrogens (tertiary/aromatic N) is 3. The minimum atomic E-state index is -2.81. The van der Waals surface area contributed by atoms with E-state index in [0.29, 0.717) is 17.7 Å². The second kappa shape index (κ2) is 33.8. The van der Waals surface area contributed by atoms with Crippen molar-refractivity contribution in [3.8, 4) is 0 Å². The minimum Gasteiger partial charge on any atom is -0.479 e. The molecule has 18 N–H and O–H groups in total. The molecule has 31 nitrogen and oxygen atoms in total. The van der Waals surface area contributed by atoms with E-state index in [1.165, 1.54) is 6.92 Å². The Hall–Kier alpha value is -6.80. The Morgan fingerprint density at radius 1 is 0.617 bits per heavy atom. The molecule has 0 bridgehead atoms. The Morgan fingerprint density at radius 2 is 1.10 bits per heavy atom. The van der Waals surface area contributed by atoms with E-state index < -0.39 is 176 Å². The molecule has 3 aliphatic rings. The average molecular weight is 1160 g/mol. The van der Waals surface area contributed by atoms with E-state index in [1.807, 2.05) is 16.0 Å². The normalized spacial score (nSPS) is 28.3. The van der Waals surface area contributed by atoms with Crippen molar-refractivity contribution in [2.75, 3.05) is 26.2 Å². The first kappa shape index (κ1) is 68.5. The summed E-state index contributed by atoms with van der Waals surface area (Å²) in [6, 6.07) is -16.2. The van der Waals surface area contributed by atoms with Crippen molar-refractivity contribution in [1.29, 1.82) is 0 Å². The van der Waals surface area contributed by atoms with Crippen molar-refractivity contribution in [2.45, 2.75) is 215 Å². The fourth-order valence-corrected chi connectivity index (χ4v) is 9.62. The van der Waals surface area contributed by atoms with E-state index in [1.54, 1.807) is 0 Å². The molecule has 458 valence electrons. The maximum atomic E-state index is 14.1. The van der Waals surface area contributed by atoms with Crippen molar-refractivity contribution in [1.82, 2.24) is 41.7 Å². The van der Waals surface area contributed by atoms with Crippen LogP contribution in [0.25, 0.3) is 0 Å². The second-order valence-corrected chi connectivity index (χ2v) is 20.6. The zero-order valence-corrected chi connectivity index (χ0v) is 45.9. The number of amides is 8. The van der Waals surface area contributed by atoms with Crippen LogP contribution in [-0.4, -0.2) is 233 Å². The summed E-state index contributed by atoms with van der Waals surface area (Å²) in [5.74, 6) is -16.3. The van der Waals surface area contributed by atoms with E-state index in [4.69, 9.17) is 16.2 Å². The molecule has 0 aromatic heterocycles. The van der Waals surface area contributed by atoms with Crippen LogP contribution in [0, 0.1) is 0 Å². The number of aliphatic hydroxyl groups excluding tert-OH is 6. The lowest BCUT2D eigenvalue weighted by atomic mass is 10.0. The molecule has 3 aliphatic heterocycles. The van der Waals surface area contributed by atoms with Crippen LogP contribution >= 0.6 is 0 Å². The molecule has 0 aromatic rings. The standard InChI is InChI=1S/C50H83N11O20/c1-4-5-6-7-8-9-10-11-12-13-14-16-27-23-32(66)57-33(26(3)63)41(70)54-25(2)45(74)60-21-18-30(64)36(60)43(72)55-28(17-15-20-53-50(51)52)40(69)58-34(38(67)47(76)77)42(71)56-29(24-62)46(75)61-22-19-31(65)37(61)44(73)59-35(49(80)81-27)39(68)48(78)79/h25-31,33-39,62-65,67-68H,4-24H2,1-3H3,(H,54,70)(H,55,72)(H,56,71)(H,57,66)(H,58,69)(H,59,73)(H,76,77)(H,78,79)(H4,51,52,53)/t25-,26-,27?,28+,29-,30-,31-,33-,34-,35+,36+,37+,38-,39+/m1/s1. The number of carboxylic acids is 2. The predicted molar refractivity (Wildman–Crippen MR) is 281 cm³/mol. The highest BCUT2D eigenvalue weighted by Crippen LogP contribution is 2.23. The molecule has 3 heterocycles. The molecule has 0 radical (unpaired) electrons. The molecular formula is C50H83N11O20. The summed E-state index contributed by atoms with van der Waals surface area (Å²) in [5.41, 5.74) is 10.8. The molecule has 31 heteroatoms. The van der Waals surface area contributed by atoms with Gasteiger partial charge in [0.05, 0.1) is 31.3 Å². The number of aliphatic hydroxyl groups is 6. The summed E-state index contributed by atoms with van der Waals surface area (Å²) in [6.45, 7) is 2.14. The number of esters is 1. The third-order valence-corrected chi connectivity index (χ3v) is 14.1. The molecule has 0 spiro atoms. The number of hydrogen-bond donors (Lipinski definition) is 16. The van der Waals surface area contributed by atoms with Gasteiger partial charge in [-0.25, -0.2) is 14.4 Å². The summed E-state index contributed by atoms with van der Waals surface area (Å²) in [6.07, 6.45) is -3.89. The van der Waals surface area contributed by atoms with Gasteiger partial charge in [0.15, 0.2) is 24.2 Å². The largest absolute Gasteiger partial charge is 0.479 e. The fraction of sp³-hybridized carbons (Fsp3) is 0.760. The maximum absolute atomic E-state index is 14.1. The number of cyclic esters (lactones) is 1. The summed E-state index contributed by atoms with van der Waals surface area (Å²) in [5, 5.41) is 97.3. The van der Waals surface area contributed by atoms with Crippen LogP contribution in [0.2, 0.25) is 0 Å². The van der Waals surface area contributed by atoms with Crippen LogP contribution in [0.15, 0.2) is 4.99 Å². The number of nitrogens with one attached hydrogen (secondary N) is 6. The Labute approximate surface area is 467 Å². The first-order valence-corrected chi connectivity index (χ1v) is 27.4. The third-order valence-electron chi connectivity index (χ3n) is 14.1. The lowest BCUT2D eigenvalue weighted by molar-refractivity contribution is -0.165. The van der Waals surface area contributed by atoms with Crippen molar-refractivity contribution in [3.05, 3.63) is 0 Å². The lowest BCUT2D eigenvalue weighted by Gasteiger charge is -2.32. The zero-order valence-electron chi connectivity index (χ0n) is 45.9. The quantitative estimate of drug-likeness (QED) is 0.0208. The van der Waals surface area contributed by atoms with Crippen molar-refractivity contribution < 1.29 is 98.3 Å². The molecule has 1 unspecified atom stereocenters. The smallest absolute Gasteiger partial charge is 0.335 e. The monoisotopic (exact) mass is 1160 g/mol. The van der Waals surface area contributed by atoms with Gasteiger partial charge in [0.2, 0.25) is 47.3 Å². The van der Waals surface area contributed by atoms with E-state index in [-0.39, 0.29) is 44.7 Å². The van der Waals surface area contributed by atoms with Crippen LogP contribution in [0.1, 0.15) is 130 Å². The molecule has 81 heavy (non-hydrogen) atoms. The molecule has 3 rings (SSSR count). The van der Waals surface area contributed by atoms with Gasteiger partial charge in [0.25, 0.3) is 0 Å². The number of carbonyl (C=O) groups excluding carboxylic acids is 9. The van der Waals surface area contributed by atoms with Crippen molar-refractivity contribution in [2.24, 2.45) is 16.5 Å². The van der Waals surface area contributed by atoms with Crippen LogP contribution in [-0.2, 0) is 57.5 Å². The molecule has 0 aromatic carbocycles. The molecule has 0 saturated carbocycles. The van der Waals surface area contributed by atoms with Gasteiger partial charge in [-0.05, 0) is 52.4 Å². The zero-order chi connectivity index (χ0) is 60.7.